The molecular weight excluding hydrogens is 169 g/mol. The van der Waals surface area contributed by atoms with E-state index in [0.717, 1.165) is 0 Å². The van der Waals surface area contributed by atoms with Gasteiger partial charge in [-0.05, 0) is 0 Å². The van der Waals surface area contributed by atoms with Gasteiger partial charge >= 0.3 is 67.2 Å². The van der Waals surface area contributed by atoms with Gasteiger partial charge in [0.25, 0.3) is 0 Å². The van der Waals surface area contributed by atoms with Gasteiger partial charge < -0.3 is 0 Å². The molecule has 0 unspecified atom stereocenters. The molecule has 0 aromatic rings. The van der Waals surface area contributed by atoms with Crippen LogP contribution in [-0.4, -0.2) is 16.5 Å². The van der Waals surface area contributed by atoms with Crippen molar-refractivity contribution in [3.63, 3.8) is 0 Å². The third kappa shape index (κ3) is 8.54. The summed E-state index contributed by atoms with van der Waals surface area (Å²) < 4.78 is 0. The van der Waals surface area contributed by atoms with Gasteiger partial charge in [0, 0.05) is 0 Å². The first kappa shape index (κ1) is 9.54. The summed E-state index contributed by atoms with van der Waals surface area (Å²) in [7, 11) is 0. The summed E-state index contributed by atoms with van der Waals surface area (Å²) in [5, 5.41) is 1.37. The van der Waals surface area contributed by atoms with Crippen LogP contribution in [0.1, 0.15) is 45.4 Å². The Kier molecular flexibility index (Phi) is 9.06. The van der Waals surface area contributed by atoms with Crippen molar-refractivity contribution < 1.29 is 0 Å². The minimum absolute atomic E-state index is 1.37. The van der Waals surface area contributed by atoms with Gasteiger partial charge in [0.2, 0.25) is 0 Å². The molecule has 0 spiro atoms. The molecule has 0 aliphatic carbocycles. The molecule has 0 fully saturated rings. The van der Waals surface area contributed by atoms with E-state index in [9.17, 15) is 0 Å². The van der Waals surface area contributed by atoms with Gasteiger partial charge in [-0.1, -0.05) is 0 Å². The predicted octanol–water partition coefficient (Wildman–Crippen LogP) is 2.93. The Balaban J connectivity index is 2.60. The molecule has 0 amide bonds. The third-order valence-corrected chi connectivity index (χ3v) is 2.27. The maximum atomic E-state index is 2.26. The first-order chi connectivity index (χ1) is 4.41. The van der Waals surface area contributed by atoms with Gasteiger partial charge in [-0.25, -0.2) is 0 Å². The van der Waals surface area contributed by atoms with Gasteiger partial charge in [0.05, 0.1) is 0 Å². The van der Waals surface area contributed by atoms with Crippen LogP contribution in [0.15, 0.2) is 0 Å². The van der Waals surface area contributed by atoms with Crippen molar-refractivity contribution in [2.45, 2.75) is 50.7 Å². The van der Waals surface area contributed by atoms with Crippen LogP contribution in [0.4, 0.5) is 0 Å². The van der Waals surface area contributed by atoms with E-state index in [0.29, 0.717) is 0 Å². The number of hydrogen-bond donors (Lipinski definition) is 0. The Morgan fingerprint density at radius 3 is 2.00 bits per heavy atom. The Morgan fingerprint density at radius 1 is 0.889 bits per heavy atom. The summed E-state index contributed by atoms with van der Waals surface area (Å²) >= 11 is 2.26. The Bertz CT molecular complexity index is 37.8. The Hall–Kier alpha value is 0.543. The minimum atomic E-state index is 1.37. The molecule has 0 aliphatic heterocycles. The molecule has 0 saturated heterocycles. The van der Waals surface area contributed by atoms with E-state index in [-0.39, 0.29) is 0 Å². The third-order valence-electron chi connectivity index (χ3n) is 1.53. The summed E-state index contributed by atoms with van der Waals surface area (Å²) in [6, 6.07) is 0. The molecule has 3 radical (unpaired) electrons. The van der Waals surface area contributed by atoms with Crippen LogP contribution in [0.2, 0.25) is 5.25 Å². The summed E-state index contributed by atoms with van der Waals surface area (Å²) in [6.45, 7) is 2.26. The van der Waals surface area contributed by atoms with E-state index < -0.39 is 0 Å². The van der Waals surface area contributed by atoms with E-state index >= 15 is 0 Å². The van der Waals surface area contributed by atoms with Gasteiger partial charge in [0.15, 0.2) is 0 Å². The van der Waals surface area contributed by atoms with Crippen LogP contribution in [-0.2, 0) is 0 Å². The molecule has 0 nitrogen and oxygen atoms in total. The van der Waals surface area contributed by atoms with Gasteiger partial charge in [0.1, 0.15) is 0 Å². The van der Waals surface area contributed by atoms with E-state index in [1.807, 2.05) is 0 Å². The van der Waals surface area contributed by atoms with Crippen molar-refractivity contribution in [3.05, 3.63) is 0 Å². The normalized spacial score (nSPS) is 10.0. The Morgan fingerprint density at radius 2 is 1.44 bits per heavy atom. The average Bonchev–Trinajstić information content (AvgIpc) is 1.89. The molecule has 0 saturated carbocycles. The van der Waals surface area contributed by atoms with Crippen LogP contribution < -0.4 is 0 Å². The zero-order valence-corrected chi connectivity index (χ0v) is 8.55. The fourth-order valence-corrected chi connectivity index (χ4v) is 1.43. The maximum absolute atomic E-state index is 2.26. The standard InChI is InChI=1S/C8H17Ge/c1-2-3-4-5-6-7-8-9/h2-8H2,1H3. The first-order valence-corrected chi connectivity index (χ1v) is 5.54. The van der Waals surface area contributed by atoms with Gasteiger partial charge in [-0.15, -0.1) is 0 Å². The van der Waals surface area contributed by atoms with Crippen molar-refractivity contribution in [3.8, 4) is 0 Å². The quantitative estimate of drug-likeness (QED) is 0.441. The molecule has 0 aliphatic rings. The van der Waals surface area contributed by atoms with Crippen LogP contribution >= 0.6 is 0 Å². The van der Waals surface area contributed by atoms with Crippen LogP contribution in [0.3, 0.4) is 0 Å². The topological polar surface area (TPSA) is 0 Å². The molecule has 1 heteroatoms. The molecule has 0 N–H and O–H groups in total. The van der Waals surface area contributed by atoms with E-state index in [1.165, 1.54) is 43.8 Å². The molecule has 53 valence electrons. The van der Waals surface area contributed by atoms with Crippen LogP contribution in [0.25, 0.3) is 0 Å². The molecule has 0 atom stereocenters. The number of unbranched alkanes of at least 4 members (excludes halogenated alkanes) is 5. The summed E-state index contributed by atoms with van der Waals surface area (Å²) in [6.07, 6.45) is 8.61. The predicted molar refractivity (Wildman–Crippen MR) is 43.9 cm³/mol. The van der Waals surface area contributed by atoms with E-state index in [4.69, 9.17) is 0 Å². The Labute approximate surface area is 67.6 Å². The molecule has 0 heterocycles. The number of hydrogen-bond acceptors (Lipinski definition) is 0. The second kappa shape index (κ2) is 8.54. The molecule has 0 bridgehead atoms. The molecule has 9 heavy (non-hydrogen) atoms. The summed E-state index contributed by atoms with van der Waals surface area (Å²) in [5.74, 6) is 0. The van der Waals surface area contributed by atoms with E-state index in [2.05, 4.69) is 23.4 Å². The van der Waals surface area contributed by atoms with Crippen molar-refractivity contribution >= 4 is 16.5 Å². The summed E-state index contributed by atoms with van der Waals surface area (Å²) in [4.78, 5) is 0. The second-order valence-corrected chi connectivity index (χ2v) is 3.57. The average molecular weight is 186 g/mol. The fourth-order valence-electron chi connectivity index (χ4n) is 0.905. The monoisotopic (exact) mass is 187 g/mol. The molecule has 0 aromatic heterocycles. The van der Waals surface area contributed by atoms with Crippen LogP contribution in [0.5, 0.6) is 0 Å². The fraction of sp³-hybridized carbons (Fsp3) is 1.00. The van der Waals surface area contributed by atoms with Gasteiger partial charge in [-0.3, -0.25) is 0 Å². The first-order valence-electron chi connectivity index (χ1n) is 4.06. The van der Waals surface area contributed by atoms with Crippen molar-refractivity contribution in [2.24, 2.45) is 0 Å². The zero-order chi connectivity index (χ0) is 6.95. The zero-order valence-electron chi connectivity index (χ0n) is 6.45. The van der Waals surface area contributed by atoms with Gasteiger partial charge in [-0.2, -0.15) is 0 Å². The SMILES string of the molecule is CCCCCCC[CH2][Ge]. The van der Waals surface area contributed by atoms with Crippen molar-refractivity contribution in [1.82, 2.24) is 0 Å². The van der Waals surface area contributed by atoms with Crippen molar-refractivity contribution in [1.29, 1.82) is 0 Å². The molecule has 0 rings (SSSR count). The number of rotatable bonds is 6. The molecule has 0 aromatic carbocycles. The summed E-state index contributed by atoms with van der Waals surface area (Å²) in [5.41, 5.74) is 0. The second-order valence-electron chi connectivity index (χ2n) is 2.52. The van der Waals surface area contributed by atoms with Crippen LogP contribution in [0, 0.1) is 0 Å². The molecular formula is C8H17Ge. The van der Waals surface area contributed by atoms with Crippen molar-refractivity contribution in [2.75, 3.05) is 0 Å². The van der Waals surface area contributed by atoms with E-state index in [1.54, 1.807) is 0 Å².